The van der Waals surface area contributed by atoms with E-state index in [4.69, 9.17) is 23.2 Å². The molecule has 2 rings (SSSR count). The van der Waals surface area contributed by atoms with E-state index in [9.17, 15) is 0 Å². The fourth-order valence-electron chi connectivity index (χ4n) is 2.23. The minimum absolute atomic E-state index is 0.415. The van der Waals surface area contributed by atoms with E-state index < -0.39 is 0 Å². The van der Waals surface area contributed by atoms with E-state index in [0.29, 0.717) is 5.38 Å². The van der Waals surface area contributed by atoms with Crippen molar-refractivity contribution in [3.8, 4) is 0 Å². The van der Waals surface area contributed by atoms with Crippen molar-refractivity contribution in [3.63, 3.8) is 0 Å². The standard InChI is InChI=1S/C13H17Cl2N/c1-16(8-10-6-12(14)7-10)9-11-4-2-3-5-13(11)15/h2-5,10,12H,6-9H2,1H3. The highest BCUT2D eigenvalue weighted by Gasteiger charge is 2.27. The Labute approximate surface area is 107 Å². The molecule has 1 aromatic rings. The van der Waals surface area contributed by atoms with Gasteiger partial charge in [0, 0.05) is 23.5 Å². The smallest absolute Gasteiger partial charge is 0.0451 e. The zero-order chi connectivity index (χ0) is 11.5. The van der Waals surface area contributed by atoms with Crippen LogP contribution in [0, 0.1) is 5.92 Å². The molecular weight excluding hydrogens is 241 g/mol. The average Bonchev–Trinajstić information content (AvgIpc) is 2.19. The molecule has 1 aliphatic rings. The minimum Gasteiger partial charge on any atom is -0.302 e. The third-order valence-electron chi connectivity index (χ3n) is 3.15. The van der Waals surface area contributed by atoms with Gasteiger partial charge in [-0.3, -0.25) is 0 Å². The van der Waals surface area contributed by atoms with Crippen LogP contribution in [0.5, 0.6) is 0 Å². The maximum Gasteiger partial charge on any atom is 0.0451 e. The summed E-state index contributed by atoms with van der Waals surface area (Å²) in [5.74, 6) is 0.773. The number of hydrogen-bond acceptors (Lipinski definition) is 1. The van der Waals surface area contributed by atoms with Gasteiger partial charge in [-0.2, -0.15) is 0 Å². The zero-order valence-corrected chi connectivity index (χ0v) is 11.0. The molecule has 0 unspecified atom stereocenters. The highest BCUT2D eigenvalue weighted by atomic mass is 35.5. The lowest BCUT2D eigenvalue weighted by atomic mass is 9.84. The molecule has 1 aromatic carbocycles. The predicted molar refractivity (Wildman–Crippen MR) is 70.2 cm³/mol. The van der Waals surface area contributed by atoms with Gasteiger partial charge >= 0.3 is 0 Å². The van der Waals surface area contributed by atoms with Crippen molar-refractivity contribution in [2.45, 2.75) is 24.8 Å². The minimum atomic E-state index is 0.415. The first-order valence-electron chi connectivity index (χ1n) is 5.71. The molecule has 88 valence electrons. The summed E-state index contributed by atoms with van der Waals surface area (Å²) in [5.41, 5.74) is 1.20. The van der Waals surface area contributed by atoms with E-state index in [2.05, 4.69) is 18.0 Å². The summed E-state index contributed by atoms with van der Waals surface area (Å²) in [6.07, 6.45) is 2.32. The lowest BCUT2D eigenvalue weighted by Gasteiger charge is -2.34. The van der Waals surface area contributed by atoms with Crippen LogP contribution in [0.15, 0.2) is 24.3 Å². The maximum absolute atomic E-state index is 6.13. The molecule has 1 fully saturated rings. The van der Waals surface area contributed by atoms with Crippen molar-refractivity contribution in [1.82, 2.24) is 4.90 Å². The number of nitrogens with zero attached hydrogens (tertiary/aromatic N) is 1. The number of benzene rings is 1. The fraction of sp³-hybridized carbons (Fsp3) is 0.538. The molecule has 1 aliphatic carbocycles. The summed E-state index contributed by atoms with van der Waals surface area (Å²) in [7, 11) is 2.14. The van der Waals surface area contributed by atoms with Crippen LogP contribution in [0.25, 0.3) is 0 Å². The van der Waals surface area contributed by atoms with Gasteiger partial charge in [0.05, 0.1) is 0 Å². The Bertz CT molecular complexity index is 348. The van der Waals surface area contributed by atoms with Crippen LogP contribution in [-0.2, 0) is 6.54 Å². The Morgan fingerprint density at radius 2 is 2.00 bits per heavy atom. The second-order valence-corrected chi connectivity index (χ2v) is 5.75. The third kappa shape index (κ3) is 3.13. The van der Waals surface area contributed by atoms with Crippen LogP contribution in [-0.4, -0.2) is 23.9 Å². The van der Waals surface area contributed by atoms with Crippen molar-refractivity contribution >= 4 is 23.2 Å². The third-order valence-corrected chi connectivity index (χ3v) is 3.87. The van der Waals surface area contributed by atoms with Crippen molar-refractivity contribution in [2.24, 2.45) is 5.92 Å². The van der Waals surface area contributed by atoms with Crippen LogP contribution in [0.2, 0.25) is 5.02 Å². The molecule has 0 aliphatic heterocycles. The predicted octanol–water partition coefficient (Wildman–Crippen LogP) is 3.79. The lowest BCUT2D eigenvalue weighted by molar-refractivity contribution is 0.204. The molecule has 0 amide bonds. The molecule has 16 heavy (non-hydrogen) atoms. The number of rotatable bonds is 4. The molecule has 0 saturated heterocycles. The Hall–Kier alpha value is -0.240. The molecule has 0 bridgehead atoms. The first-order valence-corrected chi connectivity index (χ1v) is 6.52. The van der Waals surface area contributed by atoms with E-state index in [0.717, 1.165) is 36.9 Å². The largest absolute Gasteiger partial charge is 0.302 e. The van der Waals surface area contributed by atoms with Gasteiger partial charge in [0.1, 0.15) is 0 Å². The highest BCUT2D eigenvalue weighted by molar-refractivity contribution is 6.31. The van der Waals surface area contributed by atoms with Gasteiger partial charge in [-0.15, -0.1) is 11.6 Å². The quantitative estimate of drug-likeness (QED) is 0.743. The van der Waals surface area contributed by atoms with Crippen LogP contribution in [0.4, 0.5) is 0 Å². The number of hydrogen-bond donors (Lipinski definition) is 0. The summed E-state index contributed by atoms with van der Waals surface area (Å²) in [6, 6.07) is 8.04. The lowest BCUT2D eigenvalue weighted by Crippen LogP contribution is -2.34. The molecule has 0 heterocycles. The van der Waals surface area contributed by atoms with Crippen LogP contribution in [0.3, 0.4) is 0 Å². The van der Waals surface area contributed by atoms with Crippen LogP contribution in [0.1, 0.15) is 18.4 Å². The molecule has 1 nitrogen and oxygen atoms in total. The summed E-state index contributed by atoms with van der Waals surface area (Å²) >= 11 is 12.1. The molecule has 0 spiro atoms. The van der Waals surface area contributed by atoms with E-state index in [-0.39, 0.29) is 0 Å². The summed E-state index contributed by atoms with van der Waals surface area (Å²) < 4.78 is 0. The van der Waals surface area contributed by atoms with Crippen molar-refractivity contribution in [3.05, 3.63) is 34.9 Å². The Morgan fingerprint density at radius 3 is 2.62 bits per heavy atom. The summed E-state index contributed by atoms with van der Waals surface area (Å²) in [6.45, 7) is 2.04. The van der Waals surface area contributed by atoms with Gasteiger partial charge in [-0.1, -0.05) is 29.8 Å². The van der Waals surface area contributed by atoms with Gasteiger partial charge < -0.3 is 4.90 Å². The van der Waals surface area contributed by atoms with Crippen molar-refractivity contribution < 1.29 is 0 Å². The summed E-state index contributed by atoms with van der Waals surface area (Å²) in [4.78, 5) is 2.33. The number of alkyl halides is 1. The number of halogens is 2. The van der Waals surface area contributed by atoms with E-state index in [1.165, 1.54) is 5.56 Å². The first kappa shape index (κ1) is 12.2. The van der Waals surface area contributed by atoms with Gasteiger partial charge in [-0.25, -0.2) is 0 Å². The van der Waals surface area contributed by atoms with Gasteiger partial charge in [0.25, 0.3) is 0 Å². The molecular formula is C13H17Cl2N. The van der Waals surface area contributed by atoms with Crippen molar-refractivity contribution in [1.29, 1.82) is 0 Å². The Morgan fingerprint density at radius 1 is 1.31 bits per heavy atom. The topological polar surface area (TPSA) is 3.24 Å². The molecule has 0 aromatic heterocycles. The highest BCUT2D eigenvalue weighted by Crippen LogP contribution is 2.32. The SMILES string of the molecule is CN(Cc1ccccc1Cl)CC1CC(Cl)C1. The Balaban J connectivity index is 1.83. The Kier molecular flexibility index (Phi) is 4.12. The molecule has 0 N–H and O–H groups in total. The normalized spacial score (nSPS) is 24.5. The summed E-state index contributed by atoms with van der Waals surface area (Å²) in [5, 5.41) is 1.27. The zero-order valence-electron chi connectivity index (χ0n) is 9.50. The van der Waals surface area contributed by atoms with Gasteiger partial charge in [0.15, 0.2) is 0 Å². The molecule has 0 radical (unpaired) electrons. The van der Waals surface area contributed by atoms with Crippen molar-refractivity contribution in [2.75, 3.05) is 13.6 Å². The monoisotopic (exact) mass is 257 g/mol. The van der Waals surface area contributed by atoms with Crippen LogP contribution >= 0.6 is 23.2 Å². The molecule has 0 atom stereocenters. The van der Waals surface area contributed by atoms with E-state index in [1.807, 2.05) is 18.2 Å². The second-order valence-electron chi connectivity index (χ2n) is 4.72. The fourth-order valence-corrected chi connectivity index (χ4v) is 2.93. The van der Waals surface area contributed by atoms with Crippen LogP contribution < -0.4 is 0 Å². The maximum atomic E-state index is 6.13. The average molecular weight is 258 g/mol. The van der Waals surface area contributed by atoms with Gasteiger partial charge in [-0.05, 0) is 37.4 Å². The molecule has 1 saturated carbocycles. The van der Waals surface area contributed by atoms with E-state index in [1.54, 1.807) is 0 Å². The molecule has 3 heteroatoms. The second kappa shape index (κ2) is 5.39. The van der Waals surface area contributed by atoms with E-state index >= 15 is 0 Å². The first-order chi connectivity index (χ1) is 7.65. The van der Waals surface area contributed by atoms with Gasteiger partial charge in [0.2, 0.25) is 0 Å².